The van der Waals surface area contributed by atoms with Crippen LogP contribution in [0.2, 0.25) is 0 Å². The van der Waals surface area contributed by atoms with Crippen molar-refractivity contribution < 1.29 is 14.6 Å². The fourth-order valence-corrected chi connectivity index (χ4v) is 3.20. The van der Waals surface area contributed by atoms with Gasteiger partial charge in [-0.1, -0.05) is 6.07 Å². The van der Waals surface area contributed by atoms with Gasteiger partial charge in [0.1, 0.15) is 11.3 Å². The standard InChI is InChI=1S/C19H22N2O4/c1-12-9-13(2)21(11-16-7-4-8-25-16)19(24)17(12)18(23)20-14-5-3-6-15(22)10-14/h3,5-6,9-10,16,22H,4,7-8,11H2,1-2H3,(H,20,23)/t16-/m0/s1. The first-order valence-corrected chi connectivity index (χ1v) is 8.38. The van der Waals surface area contributed by atoms with Gasteiger partial charge in [0.05, 0.1) is 12.6 Å². The lowest BCUT2D eigenvalue weighted by atomic mass is 10.1. The smallest absolute Gasteiger partial charge is 0.263 e. The summed E-state index contributed by atoms with van der Waals surface area (Å²) in [5.41, 5.74) is 1.68. The lowest BCUT2D eigenvalue weighted by Crippen LogP contribution is -2.34. The van der Waals surface area contributed by atoms with Crippen LogP contribution in [0, 0.1) is 13.8 Å². The molecule has 1 aliphatic heterocycles. The van der Waals surface area contributed by atoms with Gasteiger partial charge in [-0.2, -0.15) is 0 Å². The molecule has 25 heavy (non-hydrogen) atoms. The van der Waals surface area contributed by atoms with E-state index in [2.05, 4.69) is 5.32 Å². The summed E-state index contributed by atoms with van der Waals surface area (Å²) in [6.07, 6.45) is 1.93. The van der Waals surface area contributed by atoms with Crippen LogP contribution >= 0.6 is 0 Å². The minimum Gasteiger partial charge on any atom is -0.508 e. The summed E-state index contributed by atoms with van der Waals surface area (Å²) in [6, 6.07) is 8.08. The van der Waals surface area contributed by atoms with E-state index in [0.29, 0.717) is 17.8 Å². The number of nitrogens with zero attached hydrogens (tertiary/aromatic N) is 1. The molecule has 1 saturated heterocycles. The topological polar surface area (TPSA) is 80.6 Å². The van der Waals surface area contributed by atoms with Gasteiger partial charge in [0.15, 0.2) is 0 Å². The van der Waals surface area contributed by atoms with Crippen molar-refractivity contribution in [1.82, 2.24) is 4.57 Å². The highest BCUT2D eigenvalue weighted by Gasteiger charge is 2.22. The van der Waals surface area contributed by atoms with E-state index >= 15 is 0 Å². The molecule has 1 aliphatic rings. The van der Waals surface area contributed by atoms with Crippen LogP contribution in [0.25, 0.3) is 0 Å². The number of pyridine rings is 1. The maximum Gasteiger partial charge on any atom is 0.263 e. The number of hydrogen-bond acceptors (Lipinski definition) is 4. The van der Waals surface area contributed by atoms with Crippen LogP contribution in [-0.2, 0) is 11.3 Å². The molecule has 0 aliphatic carbocycles. The van der Waals surface area contributed by atoms with Gasteiger partial charge in [-0.25, -0.2) is 0 Å². The number of aromatic nitrogens is 1. The highest BCUT2D eigenvalue weighted by atomic mass is 16.5. The molecule has 1 fully saturated rings. The Balaban J connectivity index is 1.92. The summed E-state index contributed by atoms with van der Waals surface area (Å²) in [5.74, 6) is -0.427. The number of ether oxygens (including phenoxy) is 1. The van der Waals surface area contributed by atoms with E-state index in [9.17, 15) is 14.7 Å². The fourth-order valence-electron chi connectivity index (χ4n) is 3.20. The first-order valence-electron chi connectivity index (χ1n) is 8.38. The maximum atomic E-state index is 12.9. The van der Waals surface area contributed by atoms with E-state index in [1.54, 1.807) is 23.6 Å². The van der Waals surface area contributed by atoms with Gasteiger partial charge in [0.25, 0.3) is 11.5 Å². The molecule has 132 valence electrons. The van der Waals surface area contributed by atoms with E-state index in [1.165, 1.54) is 12.1 Å². The van der Waals surface area contributed by atoms with Gasteiger partial charge < -0.3 is 19.7 Å². The lowest BCUT2D eigenvalue weighted by molar-refractivity contribution is 0.0947. The molecule has 6 heteroatoms. The molecule has 0 saturated carbocycles. The number of nitrogens with one attached hydrogen (secondary N) is 1. The van der Waals surface area contributed by atoms with E-state index < -0.39 is 5.91 Å². The SMILES string of the molecule is Cc1cc(C)n(C[C@@H]2CCCO2)c(=O)c1C(=O)Nc1cccc(O)c1. The van der Waals surface area contributed by atoms with E-state index in [1.807, 2.05) is 13.0 Å². The summed E-state index contributed by atoms with van der Waals surface area (Å²) in [5, 5.41) is 12.2. The molecule has 3 rings (SSSR count). The number of phenols is 1. The van der Waals surface area contributed by atoms with Gasteiger partial charge in [-0.3, -0.25) is 9.59 Å². The number of benzene rings is 1. The third-order valence-corrected chi connectivity index (χ3v) is 4.45. The van der Waals surface area contributed by atoms with E-state index in [0.717, 1.165) is 25.1 Å². The molecule has 1 aromatic carbocycles. The number of carbonyl (C=O) groups excluding carboxylic acids is 1. The number of aryl methyl sites for hydroxylation is 2. The summed E-state index contributed by atoms with van der Waals surface area (Å²) < 4.78 is 7.23. The van der Waals surface area contributed by atoms with Crippen LogP contribution in [-0.4, -0.2) is 28.3 Å². The van der Waals surface area contributed by atoms with Crippen LogP contribution in [0.1, 0.15) is 34.5 Å². The molecule has 1 amide bonds. The molecule has 1 atom stereocenters. The Labute approximate surface area is 146 Å². The molecule has 2 aromatic rings. The maximum absolute atomic E-state index is 12.9. The molecule has 0 radical (unpaired) electrons. The normalized spacial score (nSPS) is 16.8. The molecular formula is C19H22N2O4. The van der Waals surface area contributed by atoms with Gasteiger partial charge in [0.2, 0.25) is 0 Å². The van der Waals surface area contributed by atoms with Crippen molar-refractivity contribution in [3.05, 3.63) is 57.5 Å². The van der Waals surface area contributed by atoms with Crippen LogP contribution in [0.5, 0.6) is 5.75 Å². The minimum atomic E-state index is -0.478. The number of hydrogen-bond donors (Lipinski definition) is 2. The zero-order valence-corrected chi connectivity index (χ0v) is 14.4. The second-order valence-corrected chi connectivity index (χ2v) is 6.40. The monoisotopic (exact) mass is 342 g/mol. The zero-order valence-electron chi connectivity index (χ0n) is 14.4. The predicted molar refractivity (Wildman–Crippen MR) is 95.2 cm³/mol. The zero-order chi connectivity index (χ0) is 18.0. The van der Waals surface area contributed by atoms with Gasteiger partial charge >= 0.3 is 0 Å². The number of rotatable bonds is 4. The highest BCUT2D eigenvalue weighted by Crippen LogP contribution is 2.18. The van der Waals surface area contributed by atoms with Crippen molar-refractivity contribution in [1.29, 1.82) is 0 Å². The molecule has 0 bridgehead atoms. The van der Waals surface area contributed by atoms with Crippen LogP contribution in [0.15, 0.2) is 35.1 Å². The van der Waals surface area contributed by atoms with Crippen molar-refractivity contribution in [2.24, 2.45) is 0 Å². The Hall–Kier alpha value is -2.60. The second-order valence-electron chi connectivity index (χ2n) is 6.40. The minimum absolute atomic E-state index is 0.0149. The van der Waals surface area contributed by atoms with E-state index in [-0.39, 0.29) is 23.0 Å². The van der Waals surface area contributed by atoms with E-state index in [4.69, 9.17) is 4.74 Å². The first-order chi connectivity index (χ1) is 12.0. The third-order valence-electron chi connectivity index (χ3n) is 4.45. The van der Waals surface area contributed by atoms with Crippen molar-refractivity contribution in [2.45, 2.75) is 39.3 Å². The molecule has 0 unspecified atom stereocenters. The Bertz CT molecular complexity index is 851. The lowest BCUT2D eigenvalue weighted by Gasteiger charge is -2.17. The summed E-state index contributed by atoms with van der Waals surface area (Å²) in [6.45, 7) is 4.79. The largest absolute Gasteiger partial charge is 0.508 e. The average molecular weight is 342 g/mol. The Kier molecular flexibility index (Phi) is 4.90. The van der Waals surface area contributed by atoms with Crippen molar-refractivity contribution >= 4 is 11.6 Å². The fraction of sp³-hybridized carbons (Fsp3) is 0.368. The predicted octanol–water partition coefficient (Wildman–Crippen LogP) is 2.60. The quantitative estimate of drug-likeness (QED) is 0.895. The van der Waals surface area contributed by atoms with Crippen molar-refractivity contribution in [3.63, 3.8) is 0 Å². The van der Waals surface area contributed by atoms with Crippen LogP contribution in [0.3, 0.4) is 0 Å². The Morgan fingerprint density at radius 1 is 1.36 bits per heavy atom. The average Bonchev–Trinajstić information content (AvgIpc) is 3.04. The summed E-state index contributed by atoms with van der Waals surface area (Å²) in [7, 11) is 0. The molecule has 0 spiro atoms. The number of amides is 1. The molecule has 6 nitrogen and oxygen atoms in total. The van der Waals surface area contributed by atoms with Gasteiger partial charge in [0, 0.05) is 24.1 Å². The number of aromatic hydroxyl groups is 1. The second kappa shape index (κ2) is 7.11. The van der Waals surface area contributed by atoms with Crippen molar-refractivity contribution in [3.8, 4) is 5.75 Å². The van der Waals surface area contributed by atoms with Crippen LogP contribution in [0.4, 0.5) is 5.69 Å². The van der Waals surface area contributed by atoms with Gasteiger partial charge in [-0.15, -0.1) is 0 Å². The molecule has 1 aromatic heterocycles. The summed E-state index contributed by atoms with van der Waals surface area (Å²) in [4.78, 5) is 25.5. The number of carbonyl (C=O) groups is 1. The molecule has 2 N–H and O–H groups in total. The molecule has 2 heterocycles. The Morgan fingerprint density at radius 2 is 2.16 bits per heavy atom. The van der Waals surface area contributed by atoms with Crippen LogP contribution < -0.4 is 10.9 Å². The Morgan fingerprint density at radius 3 is 2.84 bits per heavy atom. The first kappa shape index (κ1) is 17.2. The summed E-state index contributed by atoms with van der Waals surface area (Å²) >= 11 is 0. The highest BCUT2D eigenvalue weighted by molar-refractivity contribution is 6.05. The number of anilines is 1. The number of phenolic OH excluding ortho intramolecular Hbond substituents is 1. The van der Waals surface area contributed by atoms with Crippen molar-refractivity contribution in [2.75, 3.05) is 11.9 Å². The third kappa shape index (κ3) is 3.74. The van der Waals surface area contributed by atoms with Gasteiger partial charge in [-0.05, 0) is 50.5 Å². The molecular weight excluding hydrogens is 320 g/mol.